The van der Waals surface area contributed by atoms with E-state index in [1.165, 1.54) is 6.92 Å². The highest BCUT2D eigenvalue weighted by atomic mass is 16.1. The molecule has 2 heterocycles. The number of H-pyrrole nitrogens is 1. The van der Waals surface area contributed by atoms with E-state index in [2.05, 4.69) is 32.3 Å². The normalized spacial score (nSPS) is 9.56. The SMILES string of the molecule is CC(=O)NCC#Cc1[nH]nc2ncccc12. The van der Waals surface area contributed by atoms with Gasteiger partial charge in [0.15, 0.2) is 5.65 Å². The summed E-state index contributed by atoms with van der Waals surface area (Å²) in [6, 6.07) is 3.73. The van der Waals surface area contributed by atoms with Crippen LogP contribution < -0.4 is 5.32 Å². The van der Waals surface area contributed by atoms with Crippen molar-refractivity contribution in [3.05, 3.63) is 24.0 Å². The molecule has 0 aliphatic heterocycles. The summed E-state index contributed by atoms with van der Waals surface area (Å²) in [6.07, 6.45) is 1.68. The van der Waals surface area contributed by atoms with Crippen LogP contribution in [0.15, 0.2) is 18.3 Å². The maximum Gasteiger partial charge on any atom is 0.217 e. The summed E-state index contributed by atoms with van der Waals surface area (Å²) in [5.41, 5.74) is 1.36. The highest BCUT2D eigenvalue weighted by Crippen LogP contribution is 2.10. The number of nitrogens with zero attached hydrogens (tertiary/aromatic N) is 2. The van der Waals surface area contributed by atoms with E-state index in [1.54, 1.807) is 6.20 Å². The molecular weight excluding hydrogens is 204 g/mol. The lowest BCUT2D eigenvalue weighted by Gasteiger charge is -1.90. The average molecular weight is 214 g/mol. The molecule has 2 N–H and O–H groups in total. The Morgan fingerprint density at radius 1 is 1.62 bits per heavy atom. The molecule has 0 aliphatic carbocycles. The van der Waals surface area contributed by atoms with E-state index in [1.807, 2.05) is 12.1 Å². The zero-order valence-corrected chi connectivity index (χ0v) is 8.74. The van der Waals surface area contributed by atoms with Crippen molar-refractivity contribution in [2.24, 2.45) is 0 Å². The highest BCUT2D eigenvalue weighted by Gasteiger charge is 2.01. The van der Waals surface area contributed by atoms with Crippen molar-refractivity contribution >= 4 is 16.9 Å². The number of aromatic amines is 1. The number of amides is 1. The molecule has 16 heavy (non-hydrogen) atoms. The Balaban J connectivity index is 2.18. The van der Waals surface area contributed by atoms with Gasteiger partial charge in [0.1, 0.15) is 5.69 Å². The second-order valence-electron chi connectivity index (χ2n) is 3.18. The quantitative estimate of drug-likeness (QED) is 0.677. The van der Waals surface area contributed by atoms with E-state index in [9.17, 15) is 4.79 Å². The number of nitrogens with one attached hydrogen (secondary N) is 2. The second kappa shape index (κ2) is 4.45. The Bertz CT molecular complexity index is 576. The minimum Gasteiger partial charge on any atom is -0.345 e. The van der Waals surface area contributed by atoms with Gasteiger partial charge in [0, 0.05) is 13.1 Å². The van der Waals surface area contributed by atoms with E-state index in [0.29, 0.717) is 17.9 Å². The van der Waals surface area contributed by atoms with Crippen molar-refractivity contribution in [1.82, 2.24) is 20.5 Å². The van der Waals surface area contributed by atoms with Crippen LogP contribution in [0.5, 0.6) is 0 Å². The molecule has 2 rings (SSSR count). The number of carbonyl (C=O) groups is 1. The summed E-state index contributed by atoms with van der Waals surface area (Å²) in [4.78, 5) is 14.7. The van der Waals surface area contributed by atoms with Crippen LogP contribution in [-0.4, -0.2) is 27.6 Å². The standard InChI is InChI=1S/C11H10N4O/c1-8(16)12-6-3-5-10-9-4-2-7-13-11(9)15-14-10/h2,4,7H,6H2,1H3,(H,12,16)(H,13,14,15). The van der Waals surface area contributed by atoms with E-state index in [0.717, 1.165) is 5.39 Å². The predicted molar refractivity (Wildman–Crippen MR) is 59.5 cm³/mol. The fraction of sp³-hybridized carbons (Fsp3) is 0.182. The van der Waals surface area contributed by atoms with Gasteiger partial charge in [-0.2, -0.15) is 5.10 Å². The number of carbonyl (C=O) groups excluding carboxylic acids is 1. The summed E-state index contributed by atoms with van der Waals surface area (Å²) in [5.74, 6) is 5.64. The number of rotatable bonds is 1. The third-order valence-corrected chi connectivity index (χ3v) is 1.97. The van der Waals surface area contributed by atoms with Gasteiger partial charge >= 0.3 is 0 Å². The molecule has 0 radical (unpaired) electrons. The van der Waals surface area contributed by atoms with Gasteiger partial charge in [0.2, 0.25) is 5.91 Å². The Hall–Kier alpha value is -2.35. The Kier molecular flexibility index (Phi) is 2.83. The number of hydrogen-bond acceptors (Lipinski definition) is 3. The maximum absolute atomic E-state index is 10.6. The van der Waals surface area contributed by atoms with E-state index in [-0.39, 0.29) is 5.91 Å². The monoisotopic (exact) mass is 214 g/mol. The van der Waals surface area contributed by atoms with Gasteiger partial charge < -0.3 is 5.32 Å². The third kappa shape index (κ3) is 2.17. The molecule has 1 amide bonds. The van der Waals surface area contributed by atoms with Crippen LogP contribution in [0.3, 0.4) is 0 Å². The van der Waals surface area contributed by atoms with Crippen molar-refractivity contribution in [2.75, 3.05) is 6.54 Å². The van der Waals surface area contributed by atoms with Crippen LogP contribution >= 0.6 is 0 Å². The maximum atomic E-state index is 10.6. The third-order valence-electron chi connectivity index (χ3n) is 1.97. The minimum absolute atomic E-state index is 0.0922. The topological polar surface area (TPSA) is 70.7 Å². The van der Waals surface area contributed by atoms with E-state index < -0.39 is 0 Å². The van der Waals surface area contributed by atoms with Crippen molar-refractivity contribution < 1.29 is 4.79 Å². The predicted octanol–water partition coefficient (Wildman–Crippen LogP) is 0.445. The number of pyridine rings is 1. The molecule has 0 bridgehead atoms. The first-order chi connectivity index (χ1) is 7.77. The van der Waals surface area contributed by atoms with Crippen molar-refractivity contribution in [3.63, 3.8) is 0 Å². The molecule has 0 saturated heterocycles. The van der Waals surface area contributed by atoms with E-state index >= 15 is 0 Å². The van der Waals surface area contributed by atoms with Crippen molar-refractivity contribution in [3.8, 4) is 11.8 Å². The van der Waals surface area contributed by atoms with Gasteiger partial charge in [-0.25, -0.2) is 4.98 Å². The van der Waals surface area contributed by atoms with Gasteiger partial charge in [-0.3, -0.25) is 9.89 Å². The van der Waals surface area contributed by atoms with Gasteiger partial charge in [0.05, 0.1) is 11.9 Å². The molecular formula is C11H10N4O. The lowest BCUT2D eigenvalue weighted by molar-refractivity contribution is -0.118. The zero-order chi connectivity index (χ0) is 11.4. The second-order valence-corrected chi connectivity index (χ2v) is 3.18. The van der Waals surface area contributed by atoms with Crippen LogP contribution in [0.1, 0.15) is 12.6 Å². The average Bonchev–Trinajstić information content (AvgIpc) is 2.68. The molecule has 0 spiro atoms. The summed E-state index contributed by atoms with van der Waals surface area (Å²) in [7, 11) is 0. The Morgan fingerprint density at radius 3 is 3.31 bits per heavy atom. The molecule has 0 unspecified atom stereocenters. The molecule has 0 saturated carbocycles. The largest absolute Gasteiger partial charge is 0.345 e. The van der Waals surface area contributed by atoms with Crippen LogP contribution in [0, 0.1) is 11.8 Å². The highest BCUT2D eigenvalue weighted by molar-refractivity contribution is 5.80. The number of hydrogen-bond donors (Lipinski definition) is 2. The Morgan fingerprint density at radius 2 is 2.50 bits per heavy atom. The van der Waals surface area contributed by atoms with Crippen LogP contribution in [0.4, 0.5) is 0 Å². The molecule has 80 valence electrons. The molecule has 0 fully saturated rings. The van der Waals surface area contributed by atoms with Crippen LogP contribution in [0.2, 0.25) is 0 Å². The Labute approximate surface area is 92.3 Å². The molecule has 2 aromatic heterocycles. The molecule has 0 aliphatic rings. The lowest BCUT2D eigenvalue weighted by Crippen LogP contribution is -2.19. The summed E-state index contributed by atoms with van der Waals surface area (Å²) in [5, 5.41) is 10.3. The van der Waals surface area contributed by atoms with Gasteiger partial charge in [-0.1, -0.05) is 5.92 Å². The van der Waals surface area contributed by atoms with Crippen LogP contribution in [-0.2, 0) is 4.79 Å². The summed E-state index contributed by atoms with van der Waals surface area (Å²) >= 11 is 0. The molecule has 0 atom stereocenters. The first kappa shape index (κ1) is 10.2. The summed E-state index contributed by atoms with van der Waals surface area (Å²) < 4.78 is 0. The number of aromatic nitrogens is 3. The van der Waals surface area contributed by atoms with Gasteiger partial charge in [-0.15, -0.1) is 0 Å². The first-order valence-electron chi connectivity index (χ1n) is 4.80. The molecule has 5 heteroatoms. The number of fused-ring (bicyclic) bond motifs is 1. The molecule has 0 aromatic carbocycles. The lowest BCUT2D eigenvalue weighted by atomic mass is 10.2. The van der Waals surface area contributed by atoms with Gasteiger partial charge in [-0.05, 0) is 18.1 Å². The van der Waals surface area contributed by atoms with Crippen LogP contribution in [0.25, 0.3) is 11.0 Å². The smallest absolute Gasteiger partial charge is 0.217 e. The zero-order valence-electron chi connectivity index (χ0n) is 8.74. The van der Waals surface area contributed by atoms with E-state index in [4.69, 9.17) is 0 Å². The summed E-state index contributed by atoms with van der Waals surface area (Å²) in [6.45, 7) is 1.79. The molecule has 5 nitrogen and oxygen atoms in total. The minimum atomic E-state index is -0.0922. The van der Waals surface area contributed by atoms with Gasteiger partial charge in [0.25, 0.3) is 0 Å². The first-order valence-corrected chi connectivity index (χ1v) is 4.80. The fourth-order valence-corrected chi connectivity index (χ4v) is 1.25. The van der Waals surface area contributed by atoms with Crippen molar-refractivity contribution in [1.29, 1.82) is 0 Å². The van der Waals surface area contributed by atoms with Crippen molar-refractivity contribution in [2.45, 2.75) is 6.92 Å². The fourth-order valence-electron chi connectivity index (χ4n) is 1.25. The molecule has 2 aromatic rings.